The van der Waals surface area contributed by atoms with E-state index in [9.17, 15) is 13.2 Å². The number of sulfonamides is 1. The van der Waals surface area contributed by atoms with Crippen LogP contribution in [0.4, 0.5) is 0 Å². The quantitative estimate of drug-likeness (QED) is 0.785. The Hall–Kier alpha value is -1.04. The van der Waals surface area contributed by atoms with Gasteiger partial charge in [-0.2, -0.15) is 0 Å². The molecule has 5 nitrogen and oxygen atoms in total. The van der Waals surface area contributed by atoms with E-state index in [0.29, 0.717) is 6.42 Å². The van der Waals surface area contributed by atoms with Gasteiger partial charge in [0.1, 0.15) is 6.04 Å². The number of hydrogen-bond acceptors (Lipinski definition) is 4. The Bertz CT molecular complexity index is 389. The molecule has 1 heterocycles. The third-order valence-corrected chi connectivity index (χ3v) is 3.15. The highest BCUT2D eigenvalue weighted by Crippen LogP contribution is 2.20. The maximum Gasteiger partial charge on any atom is 0.256 e. The summed E-state index contributed by atoms with van der Waals surface area (Å²) in [6.45, 7) is 6.39. The molecule has 1 atom stereocenters. The van der Waals surface area contributed by atoms with Crippen molar-refractivity contribution in [1.82, 2.24) is 9.62 Å². The summed E-state index contributed by atoms with van der Waals surface area (Å²) in [6, 6.07) is -0.402. The van der Waals surface area contributed by atoms with Gasteiger partial charge in [-0.1, -0.05) is 6.58 Å². The molecule has 1 N–H and O–H groups in total. The summed E-state index contributed by atoms with van der Waals surface area (Å²) < 4.78 is 24.0. The van der Waals surface area contributed by atoms with E-state index in [0.717, 1.165) is 31.3 Å². The van der Waals surface area contributed by atoms with E-state index in [2.05, 4.69) is 6.58 Å². The van der Waals surface area contributed by atoms with Crippen LogP contribution in [0.25, 0.3) is 0 Å². The summed E-state index contributed by atoms with van der Waals surface area (Å²) in [5.41, 5.74) is 0.799. The lowest BCUT2D eigenvalue weighted by Crippen LogP contribution is -2.49. The Morgan fingerprint density at radius 2 is 2.06 bits per heavy atom. The van der Waals surface area contributed by atoms with Gasteiger partial charge >= 0.3 is 0 Å². The van der Waals surface area contributed by atoms with Gasteiger partial charge in [-0.05, 0) is 26.2 Å². The van der Waals surface area contributed by atoms with Crippen molar-refractivity contribution in [3.8, 4) is 0 Å². The third-order valence-electron chi connectivity index (χ3n) is 2.58. The van der Waals surface area contributed by atoms with Crippen LogP contribution in [0.5, 0.6) is 0 Å². The van der Waals surface area contributed by atoms with Crippen LogP contribution in [0, 0.1) is 0 Å². The van der Waals surface area contributed by atoms with Crippen molar-refractivity contribution in [3.63, 3.8) is 0 Å². The second-order valence-corrected chi connectivity index (χ2v) is 5.93. The summed E-state index contributed by atoms with van der Waals surface area (Å²) in [7, 11) is -3.48. The zero-order valence-corrected chi connectivity index (χ0v) is 10.5. The van der Waals surface area contributed by atoms with Gasteiger partial charge in [0.2, 0.25) is 10.0 Å². The average molecular weight is 246 g/mol. The molecule has 1 aliphatic rings. The number of amides is 1. The van der Waals surface area contributed by atoms with E-state index < -0.39 is 22.0 Å². The van der Waals surface area contributed by atoms with Crippen LogP contribution in [0.1, 0.15) is 26.2 Å². The van der Waals surface area contributed by atoms with Gasteiger partial charge in [-0.15, -0.1) is 0 Å². The molecule has 1 rings (SSSR count). The molecule has 92 valence electrons. The molecule has 0 radical (unpaired) electrons. The highest BCUT2D eigenvalue weighted by atomic mass is 32.2. The highest BCUT2D eigenvalue weighted by molar-refractivity contribution is 7.89. The second-order valence-electron chi connectivity index (χ2n) is 4.18. The van der Waals surface area contributed by atoms with E-state index in [-0.39, 0.29) is 0 Å². The van der Waals surface area contributed by atoms with Crippen molar-refractivity contribution in [2.24, 2.45) is 0 Å². The predicted octanol–water partition coefficient (Wildman–Crippen LogP) is 0.450. The summed E-state index contributed by atoms with van der Waals surface area (Å²) in [4.78, 5) is 13.6. The van der Waals surface area contributed by atoms with Crippen LogP contribution in [-0.4, -0.2) is 38.1 Å². The van der Waals surface area contributed by atoms with Crippen LogP contribution in [0.3, 0.4) is 0 Å². The third kappa shape index (κ3) is 3.52. The number of rotatable bonds is 3. The lowest BCUT2D eigenvalue weighted by Gasteiger charge is -2.36. The number of nitrogens with zero attached hydrogens (tertiary/aromatic N) is 1. The second kappa shape index (κ2) is 4.86. The van der Waals surface area contributed by atoms with Gasteiger partial charge in [0.15, 0.2) is 0 Å². The fourth-order valence-corrected chi connectivity index (χ4v) is 2.41. The van der Waals surface area contributed by atoms with E-state index in [1.54, 1.807) is 0 Å². The van der Waals surface area contributed by atoms with Crippen molar-refractivity contribution < 1.29 is 13.2 Å². The Balaban J connectivity index is 2.76. The molecule has 0 aromatic rings. The van der Waals surface area contributed by atoms with Crippen LogP contribution in [0.15, 0.2) is 12.3 Å². The molecule has 0 aromatic heterocycles. The first kappa shape index (κ1) is 13.0. The number of piperidine rings is 1. The normalized spacial score (nSPS) is 21.6. The zero-order chi connectivity index (χ0) is 12.3. The molecule has 0 aromatic carbocycles. The van der Waals surface area contributed by atoms with Crippen molar-refractivity contribution >= 4 is 15.9 Å². The zero-order valence-electron chi connectivity index (χ0n) is 9.69. The van der Waals surface area contributed by atoms with Crippen molar-refractivity contribution in [3.05, 3.63) is 12.3 Å². The van der Waals surface area contributed by atoms with Crippen LogP contribution in [-0.2, 0) is 14.8 Å². The SMILES string of the molecule is C=C(C)N1CCCCC1C(=O)NS(C)(=O)=O. The molecular weight excluding hydrogens is 228 g/mol. The molecule has 0 saturated carbocycles. The molecule has 1 fully saturated rings. The van der Waals surface area contributed by atoms with Gasteiger partial charge in [0.05, 0.1) is 6.26 Å². The van der Waals surface area contributed by atoms with E-state index >= 15 is 0 Å². The molecule has 1 saturated heterocycles. The fraction of sp³-hybridized carbons (Fsp3) is 0.700. The molecule has 6 heteroatoms. The van der Waals surface area contributed by atoms with Gasteiger partial charge < -0.3 is 4.90 Å². The van der Waals surface area contributed by atoms with Gasteiger partial charge in [0, 0.05) is 12.2 Å². The summed E-state index contributed by atoms with van der Waals surface area (Å²) in [5.74, 6) is -0.454. The molecule has 1 aliphatic heterocycles. The first-order valence-electron chi connectivity index (χ1n) is 5.25. The van der Waals surface area contributed by atoms with Crippen LogP contribution >= 0.6 is 0 Å². The Morgan fingerprint density at radius 3 is 2.56 bits per heavy atom. The molecule has 0 bridgehead atoms. The first-order chi connectivity index (χ1) is 7.31. The van der Waals surface area contributed by atoms with Crippen LogP contribution in [0.2, 0.25) is 0 Å². The average Bonchev–Trinajstić information content (AvgIpc) is 2.15. The number of nitrogens with one attached hydrogen (secondary N) is 1. The van der Waals surface area contributed by atoms with E-state index in [4.69, 9.17) is 0 Å². The van der Waals surface area contributed by atoms with Crippen molar-refractivity contribution in [2.75, 3.05) is 12.8 Å². The molecule has 1 unspecified atom stereocenters. The maximum atomic E-state index is 11.8. The number of allylic oxidation sites excluding steroid dienone is 1. The maximum absolute atomic E-state index is 11.8. The molecule has 1 amide bonds. The summed E-state index contributed by atoms with van der Waals surface area (Å²) >= 11 is 0. The minimum absolute atomic E-state index is 0.402. The summed E-state index contributed by atoms with van der Waals surface area (Å²) in [6.07, 6.45) is 3.61. The Morgan fingerprint density at radius 1 is 1.44 bits per heavy atom. The fourth-order valence-electron chi connectivity index (χ4n) is 1.91. The minimum Gasteiger partial charge on any atom is -0.364 e. The lowest BCUT2D eigenvalue weighted by atomic mass is 10.0. The topological polar surface area (TPSA) is 66.5 Å². The molecule has 0 aliphatic carbocycles. The highest BCUT2D eigenvalue weighted by Gasteiger charge is 2.29. The standard InChI is InChI=1S/C10H18N2O3S/c1-8(2)12-7-5-4-6-9(12)10(13)11-16(3,14)15/h9H,1,4-7H2,2-3H3,(H,11,13). The smallest absolute Gasteiger partial charge is 0.256 e. The first-order valence-corrected chi connectivity index (χ1v) is 7.14. The van der Waals surface area contributed by atoms with Gasteiger partial charge in [-0.25, -0.2) is 8.42 Å². The van der Waals surface area contributed by atoms with Crippen LogP contribution < -0.4 is 4.72 Å². The Labute approximate surface area is 96.6 Å². The van der Waals surface area contributed by atoms with E-state index in [1.807, 2.05) is 16.5 Å². The number of likely N-dealkylation sites (tertiary alicyclic amines) is 1. The largest absolute Gasteiger partial charge is 0.364 e. The Kier molecular flexibility index (Phi) is 3.96. The van der Waals surface area contributed by atoms with Gasteiger partial charge in [-0.3, -0.25) is 9.52 Å². The monoisotopic (exact) mass is 246 g/mol. The molecule has 0 spiro atoms. The minimum atomic E-state index is -3.48. The van der Waals surface area contributed by atoms with E-state index in [1.165, 1.54) is 0 Å². The van der Waals surface area contributed by atoms with Crippen molar-refractivity contribution in [1.29, 1.82) is 0 Å². The molecule has 16 heavy (non-hydrogen) atoms. The van der Waals surface area contributed by atoms with Crippen molar-refractivity contribution in [2.45, 2.75) is 32.2 Å². The number of carbonyl (C=O) groups is 1. The molecular formula is C10H18N2O3S. The predicted molar refractivity (Wildman–Crippen MR) is 62.1 cm³/mol. The summed E-state index contributed by atoms with van der Waals surface area (Å²) in [5, 5.41) is 0. The number of carbonyl (C=O) groups excluding carboxylic acids is 1. The lowest BCUT2D eigenvalue weighted by molar-refractivity contribution is -0.124. The van der Waals surface area contributed by atoms with Gasteiger partial charge in [0.25, 0.3) is 5.91 Å². The number of hydrogen-bond donors (Lipinski definition) is 1.